The molecule has 1 aliphatic heterocycles. The highest BCUT2D eigenvalue weighted by Crippen LogP contribution is 2.43. The number of benzene rings is 4. The van der Waals surface area contributed by atoms with E-state index in [4.69, 9.17) is 4.42 Å². The van der Waals surface area contributed by atoms with E-state index in [0.717, 1.165) is 30.0 Å². The minimum Gasteiger partial charge on any atom is -0.456 e. The Kier molecular flexibility index (Phi) is 9.56. The molecular weight excluding hydrogens is 658 g/mol. The number of nitrogens with one attached hydrogen (secondary N) is 3. The van der Waals surface area contributed by atoms with Crippen molar-refractivity contribution >= 4 is 42.5 Å². The average Bonchev–Trinajstić information content (AvgIpc) is 2.98. The van der Waals surface area contributed by atoms with E-state index in [9.17, 15) is 30.9 Å². The van der Waals surface area contributed by atoms with Crippen LogP contribution in [0.1, 0.15) is 41.0 Å². The van der Waals surface area contributed by atoms with Gasteiger partial charge in [-0.3, -0.25) is 4.55 Å². The number of rotatable bonds is 10. The molecule has 10 nitrogen and oxygen atoms in total. The molecule has 5 N–H and O–H groups in total. The van der Waals surface area contributed by atoms with Gasteiger partial charge in [0.15, 0.2) is 5.54 Å². The monoisotopic (exact) mass is 696 g/mol. The minimum absolute atomic E-state index is 0.00654. The first-order valence-electron chi connectivity index (χ1n) is 15.2. The van der Waals surface area contributed by atoms with E-state index in [1.165, 1.54) is 6.07 Å². The van der Waals surface area contributed by atoms with Crippen LogP contribution in [-0.2, 0) is 20.1 Å². The SMILES string of the molecule is CC(C)(C)CC(C)(C)[NH+]=c1ccc2c(-c3ccccc3S(=O)(=O)NCCO)c3ccc(Nc4cc(S(=O)(=O)O)ccc4F)cc3oc-2c1. The van der Waals surface area contributed by atoms with Crippen molar-refractivity contribution in [2.75, 3.05) is 18.5 Å². The Morgan fingerprint density at radius 2 is 1.60 bits per heavy atom. The maximum absolute atomic E-state index is 14.7. The summed E-state index contributed by atoms with van der Waals surface area (Å²) in [5.74, 6) is -0.303. The summed E-state index contributed by atoms with van der Waals surface area (Å²) in [6.07, 6.45) is 0.870. The van der Waals surface area contributed by atoms with Crippen molar-refractivity contribution in [1.82, 2.24) is 4.72 Å². The summed E-state index contributed by atoms with van der Waals surface area (Å²) in [4.78, 5) is 3.11. The molecular formula is C35H39FN3O7S2+. The van der Waals surface area contributed by atoms with Crippen molar-refractivity contribution in [3.05, 3.63) is 90.0 Å². The van der Waals surface area contributed by atoms with Gasteiger partial charge in [-0.25, -0.2) is 22.5 Å². The first kappa shape index (κ1) is 35.2. The van der Waals surface area contributed by atoms with E-state index in [1.807, 2.05) is 18.2 Å². The lowest BCUT2D eigenvalue weighted by atomic mass is 9.82. The van der Waals surface area contributed by atoms with E-state index in [-0.39, 0.29) is 34.7 Å². The normalized spacial score (nSPS) is 13.4. The largest absolute Gasteiger partial charge is 0.456 e. The van der Waals surface area contributed by atoms with Crippen LogP contribution < -0.4 is 20.4 Å². The average molecular weight is 697 g/mol. The fraction of sp³-hybridized carbons (Fsp3) is 0.286. The van der Waals surface area contributed by atoms with E-state index >= 15 is 0 Å². The van der Waals surface area contributed by atoms with Crippen molar-refractivity contribution in [3.8, 4) is 22.5 Å². The van der Waals surface area contributed by atoms with Gasteiger partial charge in [-0.1, -0.05) is 39.0 Å². The van der Waals surface area contributed by atoms with E-state index in [0.29, 0.717) is 39.1 Å². The van der Waals surface area contributed by atoms with Crippen molar-refractivity contribution in [1.29, 1.82) is 0 Å². The molecule has 0 saturated carbocycles. The molecule has 0 atom stereocenters. The van der Waals surface area contributed by atoms with Gasteiger partial charge in [0.25, 0.3) is 10.1 Å². The molecule has 5 rings (SSSR count). The highest BCUT2D eigenvalue weighted by Gasteiger charge is 2.30. The van der Waals surface area contributed by atoms with Crippen LogP contribution in [-0.4, -0.2) is 45.2 Å². The quantitative estimate of drug-likeness (QED) is 0.103. The molecule has 1 heterocycles. The van der Waals surface area contributed by atoms with Gasteiger partial charge in [0, 0.05) is 52.9 Å². The maximum Gasteiger partial charge on any atom is 0.294 e. The molecule has 13 heteroatoms. The number of hydrogen-bond acceptors (Lipinski definition) is 7. The van der Waals surface area contributed by atoms with Crippen LogP contribution >= 0.6 is 0 Å². The first-order valence-corrected chi connectivity index (χ1v) is 18.2. The summed E-state index contributed by atoms with van der Waals surface area (Å²) in [6, 6.07) is 20.0. The molecule has 3 aromatic rings. The number of fused-ring (bicyclic) bond motifs is 2. The molecule has 0 amide bonds. The Labute approximate surface area is 279 Å². The number of halogens is 1. The zero-order valence-corrected chi connectivity index (χ0v) is 28.9. The predicted octanol–water partition coefficient (Wildman–Crippen LogP) is 4.80. The number of aliphatic hydroxyl groups is 1. The number of aliphatic hydroxyl groups excluding tert-OH is 1. The third-order valence-electron chi connectivity index (χ3n) is 7.54. The Balaban J connectivity index is 1.76. The second-order valence-corrected chi connectivity index (χ2v) is 16.7. The Morgan fingerprint density at radius 1 is 0.875 bits per heavy atom. The van der Waals surface area contributed by atoms with E-state index in [2.05, 4.69) is 49.6 Å². The van der Waals surface area contributed by atoms with Crippen LogP contribution in [0.15, 0.2) is 93.1 Å². The zero-order chi connectivity index (χ0) is 35.1. The number of anilines is 2. The van der Waals surface area contributed by atoms with E-state index in [1.54, 1.807) is 36.4 Å². The summed E-state index contributed by atoms with van der Waals surface area (Å²) in [6.45, 7) is 10.2. The molecule has 0 aromatic heterocycles. The van der Waals surface area contributed by atoms with Crippen LogP contribution in [0.2, 0.25) is 0 Å². The van der Waals surface area contributed by atoms with Gasteiger partial charge in [0.2, 0.25) is 15.4 Å². The lowest BCUT2D eigenvalue weighted by Crippen LogP contribution is -2.88. The van der Waals surface area contributed by atoms with Gasteiger partial charge in [-0.2, -0.15) is 8.42 Å². The molecule has 0 unspecified atom stereocenters. The molecule has 3 aromatic carbocycles. The Morgan fingerprint density at radius 3 is 2.29 bits per heavy atom. The summed E-state index contributed by atoms with van der Waals surface area (Å²) < 4.78 is 83.2. The second kappa shape index (κ2) is 13.1. The molecule has 2 aliphatic rings. The van der Waals surface area contributed by atoms with Crippen molar-refractivity contribution < 1.29 is 40.3 Å². The summed E-state index contributed by atoms with van der Waals surface area (Å²) >= 11 is 0. The maximum atomic E-state index is 14.7. The third-order valence-corrected chi connectivity index (χ3v) is 9.91. The van der Waals surface area contributed by atoms with Crippen LogP contribution in [0, 0.1) is 11.2 Å². The standard InChI is InChI=1S/C35H38FN3O7S2/c1-34(2,3)21-35(4,5)39-23-11-14-26-31(19-23)46-30-18-22(38-29-20-24(48(43,44)45)12-15-28(29)36)10-13-25(30)33(26)27-8-6-7-9-32(27)47(41,42)37-16-17-40/h6-15,18-20,37-38,40H,16-17,21H2,1-5H3,(H,43,44,45)/p+1. The first-order chi connectivity index (χ1) is 22.4. The lowest BCUT2D eigenvalue weighted by molar-refractivity contribution is -0.585. The van der Waals surface area contributed by atoms with Gasteiger partial charge in [-0.05, 0) is 61.7 Å². The summed E-state index contributed by atoms with van der Waals surface area (Å²) in [5, 5.41) is 13.5. The summed E-state index contributed by atoms with van der Waals surface area (Å²) in [5.41, 5.74) is 1.87. The highest BCUT2D eigenvalue weighted by atomic mass is 32.2. The van der Waals surface area contributed by atoms with Crippen LogP contribution in [0.25, 0.3) is 33.4 Å². The molecule has 0 fully saturated rings. The van der Waals surface area contributed by atoms with Crippen molar-refractivity contribution in [2.45, 2.75) is 56.4 Å². The van der Waals surface area contributed by atoms with Crippen molar-refractivity contribution in [3.63, 3.8) is 0 Å². The van der Waals surface area contributed by atoms with Crippen molar-refractivity contribution in [2.24, 2.45) is 5.41 Å². The predicted molar refractivity (Wildman–Crippen MR) is 182 cm³/mol. The van der Waals surface area contributed by atoms with Gasteiger partial charge >= 0.3 is 0 Å². The van der Waals surface area contributed by atoms with Gasteiger partial charge < -0.3 is 14.8 Å². The fourth-order valence-corrected chi connectivity index (χ4v) is 7.92. The fourth-order valence-electron chi connectivity index (χ4n) is 6.18. The topological polar surface area (TPSA) is 160 Å². The molecule has 0 bridgehead atoms. The molecule has 0 spiro atoms. The van der Waals surface area contributed by atoms with Crippen LogP contribution in [0.3, 0.4) is 0 Å². The number of hydrogen-bond donors (Lipinski definition) is 5. The Bertz CT molecular complexity index is 2260. The molecule has 0 saturated heterocycles. The third kappa shape index (κ3) is 7.93. The molecule has 48 heavy (non-hydrogen) atoms. The van der Waals surface area contributed by atoms with Gasteiger partial charge in [-0.15, -0.1) is 0 Å². The Hall–Kier alpha value is -4.14. The van der Waals surface area contributed by atoms with Crippen LogP contribution in [0.4, 0.5) is 15.8 Å². The highest BCUT2D eigenvalue weighted by molar-refractivity contribution is 7.89. The smallest absolute Gasteiger partial charge is 0.294 e. The summed E-state index contributed by atoms with van der Waals surface area (Å²) in [7, 11) is -8.61. The number of sulfonamides is 1. The molecule has 0 radical (unpaired) electrons. The molecule has 1 aliphatic carbocycles. The zero-order valence-electron chi connectivity index (χ0n) is 27.3. The lowest BCUT2D eigenvalue weighted by Gasteiger charge is -2.25. The minimum atomic E-state index is -4.58. The van der Waals surface area contributed by atoms with Gasteiger partial charge in [0.1, 0.15) is 17.2 Å². The second-order valence-electron chi connectivity index (χ2n) is 13.5. The van der Waals surface area contributed by atoms with E-state index < -0.39 is 30.9 Å². The van der Waals surface area contributed by atoms with Crippen LogP contribution in [0.5, 0.6) is 0 Å². The van der Waals surface area contributed by atoms with Gasteiger partial charge in [0.05, 0.1) is 28.2 Å². The molecule has 254 valence electrons.